The van der Waals surface area contributed by atoms with Gasteiger partial charge >= 0.3 is 0 Å². The van der Waals surface area contributed by atoms with Gasteiger partial charge in [0, 0.05) is 6.54 Å². The van der Waals surface area contributed by atoms with Crippen LogP contribution in [0.4, 0.5) is 14.5 Å². The third-order valence-corrected chi connectivity index (χ3v) is 1.86. The van der Waals surface area contributed by atoms with Crippen LogP contribution in [0.15, 0.2) is 12.1 Å². The zero-order valence-corrected chi connectivity index (χ0v) is 8.14. The second kappa shape index (κ2) is 4.37. The minimum atomic E-state index is -0.645. The number of benzene rings is 1. The van der Waals surface area contributed by atoms with Gasteiger partial charge < -0.3 is 10.4 Å². The molecule has 1 aromatic rings. The maximum absolute atomic E-state index is 13.3. The van der Waals surface area contributed by atoms with Crippen LogP contribution in [0, 0.1) is 18.6 Å². The summed E-state index contributed by atoms with van der Waals surface area (Å²) in [4.78, 5) is 0. The van der Waals surface area contributed by atoms with E-state index in [4.69, 9.17) is 5.11 Å². The Morgan fingerprint density at radius 3 is 2.64 bits per heavy atom. The smallest absolute Gasteiger partial charge is 0.152 e. The first-order chi connectivity index (χ1) is 6.52. The largest absolute Gasteiger partial charge is 0.392 e. The van der Waals surface area contributed by atoms with Crippen LogP contribution in [0.3, 0.4) is 0 Å². The molecule has 0 unspecified atom stereocenters. The number of aryl methyl sites for hydroxylation is 1. The van der Waals surface area contributed by atoms with Crippen molar-refractivity contribution in [2.75, 3.05) is 11.9 Å². The van der Waals surface area contributed by atoms with E-state index in [0.717, 1.165) is 0 Å². The van der Waals surface area contributed by atoms with Crippen molar-refractivity contribution in [1.29, 1.82) is 0 Å². The summed E-state index contributed by atoms with van der Waals surface area (Å²) in [6.45, 7) is 3.22. The van der Waals surface area contributed by atoms with Crippen molar-refractivity contribution in [3.05, 3.63) is 29.3 Å². The number of hydrogen-bond acceptors (Lipinski definition) is 2. The molecule has 78 valence electrons. The monoisotopic (exact) mass is 201 g/mol. The van der Waals surface area contributed by atoms with E-state index in [2.05, 4.69) is 5.32 Å². The number of hydrogen-bond donors (Lipinski definition) is 2. The zero-order valence-electron chi connectivity index (χ0n) is 8.14. The lowest BCUT2D eigenvalue weighted by Gasteiger charge is -2.11. The van der Waals surface area contributed by atoms with Crippen LogP contribution in [-0.4, -0.2) is 17.8 Å². The molecule has 1 atom stereocenters. The highest BCUT2D eigenvalue weighted by atomic mass is 19.1. The van der Waals surface area contributed by atoms with Gasteiger partial charge in [-0.25, -0.2) is 8.78 Å². The lowest BCUT2D eigenvalue weighted by Crippen LogP contribution is -2.17. The van der Waals surface area contributed by atoms with Gasteiger partial charge in [0.1, 0.15) is 11.5 Å². The van der Waals surface area contributed by atoms with Gasteiger partial charge in [-0.2, -0.15) is 0 Å². The molecule has 0 fully saturated rings. The van der Waals surface area contributed by atoms with Crippen molar-refractivity contribution in [2.24, 2.45) is 0 Å². The summed E-state index contributed by atoms with van der Waals surface area (Å²) >= 11 is 0. The van der Waals surface area contributed by atoms with Gasteiger partial charge in [0.2, 0.25) is 0 Å². The van der Waals surface area contributed by atoms with Crippen LogP contribution in [0.25, 0.3) is 0 Å². The molecule has 0 amide bonds. The van der Waals surface area contributed by atoms with E-state index in [1.165, 1.54) is 12.1 Å². The summed E-state index contributed by atoms with van der Waals surface area (Å²) in [5.74, 6) is -1.25. The normalized spacial score (nSPS) is 12.6. The minimum Gasteiger partial charge on any atom is -0.392 e. The molecule has 1 rings (SSSR count). The van der Waals surface area contributed by atoms with Crippen molar-refractivity contribution in [3.63, 3.8) is 0 Å². The third-order valence-electron chi connectivity index (χ3n) is 1.86. The Hall–Kier alpha value is -1.16. The fraction of sp³-hybridized carbons (Fsp3) is 0.400. The minimum absolute atomic E-state index is 0.122. The fourth-order valence-corrected chi connectivity index (χ4v) is 1.07. The predicted octanol–water partition coefficient (Wildman–Crippen LogP) is 2.07. The molecular formula is C10H13F2NO. The quantitative estimate of drug-likeness (QED) is 0.784. The number of nitrogens with one attached hydrogen (secondary N) is 1. The van der Waals surface area contributed by atoms with E-state index < -0.39 is 17.7 Å². The van der Waals surface area contributed by atoms with Crippen LogP contribution in [-0.2, 0) is 0 Å². The van der Waals surface area contributed by atoms with Crippen molar-refractivity contribution in [2.45, 2.75) is 20.0 Å². The van der Waals surface area contributed by atoms with Crippen molar-refractivity contribution in [3.8, 4) is 0 Å². The Bertz CT molecular complexity index is 326. The van der Waals surface area contributed by atoms with Crippen LogP contribution in [0.5, 0.6) is 0 Å². The highest BCUT2D eigenvalue weighted by molar-refractivity contribution is 5.48. The highest BCUT2D eigenvalue weighted by Gasteiger charge is 2.11. The zero-order chi connectivity index (χ0) is 10.7. The second-order valence-corrected chi connectivity index (χ2v) is 3.28. The first-order valence-electron chi connectivity index (χ1n) is 4.39. The van der Waals surface area contributed by atoms with Gasteiger partial charge in [-0.05, 0) is 25.5 Å². The molecule has 0 saturated heterocycles. The first-order valence-corrected chi connectivity index (χ1v) is 4.39. The number of rotatable bonds is 3. The van der Waals surface area contributed by atoms with E-state index in [-0.39, 0.29) is 12.2 Å². The van der Waals surface area contributed by atoms with Crippen molar-refractivity contribution < 1.29 is 13.9 Å². The van der Waals surface area contributed by atoms with Crippen LogP contribution in [0.2, 0.25) is 0 Å². The van der Waals surface area contributed by atoms with Crippen LogP contribution < -0.4 is 5.32 Å². The highest BCUT2D eigenvalue weighted by Crippen LogP contribution is 2.21. The Balaban J connectivity index is 2.89. The molecule has 2 N–H and O–H groups in total. The molecule has 0 aliphatic heterocycles. The average Bonchev–Trinajstić information content (AvgIpc) is 2.11. The predicted molar refractivity (Wildman–Crippen MR) is 51.3 cm³/mol. The average molecular weight is 201 g/mol. The molecule has 0 radical (unpaired) electrons. The maximum Gasteiger partial charge on any atom is 0.152 e. The molecule has 0 heterocycles. The fourth-order valence-electron chi connectivity index (χ4n) is 1.07. The molecule has 0 aromatic heterocycles. The summed E-state index contributed by atoms with van der Waals surface area (Å²) in [6, 6.07) is 2.57. The molecule has 0 saturated carbocycles. The van der Waals surface area contributed by atoms with Gasteiger partial charge in [0.05, 0.1) is 6.10 Å². The topological polar surface area (TPSA) is 32.3 Å². The van der Waals surface area contributed by atoms with E-state index in [9.17, 15) is 8.78 Å². The van der Waals surface area contributed by atoms with Crippen LogP contribution >= 0.6 is 0 Å². The first kappa shape index (κ1) is 10.9. The van der Waals surface area contributed by atoms with Gasteiger partial charge in [-0.1, -0.05) is 6.07 Å². The van der Waals surface area contributed by atoms with Gasteiger partial charge in [-0.3, -0.25) is 0 Å². The molecule has 0 aliphatic carbocycles. The molecule has 0 aliphatic rings. The summed E-state index contributed by atoms with van der Waals surface area (Å²) in [5.41, 5.74) is 0.199. The SMILES string of the molecule is Cc1ccc(F)c(NC[C@H](C)O)c1F. The van der Waals surface area contributed by atoms with E-state index in [1.807, 2.05) is 0 Å². The molecule has 1 aromatic carbocycles. The summed E-state index contributed by atoms with van der Waals surface area (Å²) in [6.07, 6.45) is -0.644. The maximum atomic E-state index is 13.3. The standard InChI is InChI=1S/C10H13F2NO/c1-6-3-4-8(11)10(9(6)12)13-5-7(2)14/h3-4,7,13-14H,5H2,1-2H3/t7-/m0/s1. The Labute approximate surface area is 81.6 Å². The number of aliphatic hydroxyl groups is 1. The Morgan fingerprint density at radius 2 is 2.07 bits per heavy atom. The van der Waals surface area contributed by atoms with E-state index in [1.54, 1.807) is 13.8 Å². The molecular weight excluding hydrogens is 188 g/mol. The molecule has 2 nitrogen and oxygen atoms in total. The number of anilines is 1. The number of halogens is 2. The van der Waals surface area contributed by atoms with Crippen molar-refractivity contribution >= 4 is 5.69 Å². The lowest BCUT2D eigenvalue weighted by atomic mass is 10.2. The lowest BCUT2D eigenvalue weighted by molar-refractivity contribution is 0.208. The van der Waals surface area contributed by atoms with Crippen LogP contribution in [0.1, 0.15) is 12.5 Å². The molecule has 14 heavy (non-hydrogen) atoms. The summed E-state index contributed by atoms with van der Waals surface area (Å²) in [5, 5.41) is 11.5. The summed E-state index contributed by atoms with van der Waals surface area (Å²) in [7, 11) is 0. The van der Waals surface area contributed by atoms with E-state index in [0.29, 0.717) is 5.56 Å². The third kappa shape index (κ3) is 2.42. The number of aliphatic hydroxyl groups excluding tert-OH is 1. The molecule has 0 bridgehead atoms. The van der Waals surface area contributed by atoms with Crippen molar-refractivity contribution in [1.82, 2.24) is 0 Å². The van der Waals surface area contributed by atoms with Gasteiger partial charge in [-0.15, -0.1) is 0 Å². The Morgan fingerprint density at radius 1 is 1.43 bits per heavy atom. The van der Waals surface area contributed by atoms with E-state index >= 15 is 0 Å². The summed E-state index contributed by atoms with van der Waals surface area (Å²) < 4.78 is 26.4. The van der Waals surface area contributed by atoms with Gasteiger partial charge in [0.15, 0.2) is 5.82 Å². The Kier molecular flexibility index (Phi) is 3.41. The molecule has 0 spiro atoms. The second-order valence-electron chi connectivity index (χ2n) is 3.28. The van der Waals surface area contributed by atoms with Gasteiger partial charge in [0.25, 0.3) is 0 Å². The molecule has 4 heteroatoms.